The lowest BCUT2D eigenvalue weighted by atomic mass is 10.0. The van der Waals surface area contributed by atoms with Crippen LogP contribution in [0.4, 0.5) is 0 Å². The van der Waals surface area contributed by atoms with Crippen LogP contribution in [0.3, 0.4) is 0 Å². The van der Waals surface area contributed by atoms with Crippen LogP contribution >= 0.6 is 0 Å². The Hall–Kier alpha value is -2.49. The molecule has 1 N–H and O–H groups in total. The first-order valence-corrected chi connectivity index (χ1v) is 6.09. The molecule has 3 rings (SSSR count). The number of pyridine rings is 2. The molecule has 0 fully saturated rings. The molecule has 94 valence electrons. The van der Waals surface area contributed by atoms with E-state index < -0.39 is 5.97 Å². The zero-order chi connectivity index (χ0) is 13.2. The molecule has 0 saturated heterocycles. The fourth-order valence-electron chi connectivity index (χ4n) is 2.30. The fraction of sp³-hybridized carbons (Fsp3) is 0.133. The normalized spacial score (nSPS) is 10.9. The van der Waals surface area contributed by atoms with Crippen LogP contribution in [-0.4, -0.2) is 21.0 Å². The van der Waals surface area contributed by atoms with Crippen molar-refractivity contribution in [2.24, 2.45) is 0 Å². The highest BCUT2D eigenvalue weighted by Crippen LogP contribution is 2.26. The fourth-order valence-corrected chi connectivity index (χ4v) is 2.30. The van der Waals surface area contributed by atoms with Gasteiger partial charge in [0.2, 0.25) is 0 Å². The first-order valence-electron chi connectivity index (χ1n) is 6.09. The molecule has 0 spiro atoms. The minimum absolute atomic E-state index is 0.121. The Morgan fingerprint density at radius 2 is 1.84 bits per heavy atom. The van der Waals surface area contributed by atoms with Gasteiger partial charge >= 0.3 is 5.97 Å². The number of carbonyl (C=O) groups is 1. The third-order valence-corrected chi connectivity index (χ3v) is 3.15. The van der Waals surface area contributed by atoms with E-state index in [4.69, 9.17) is 5.11 Å². The van der Waals surface area contributed by atoms with E-state index in [0.29, 0.717) is 6.42 Å². The van der Waals surface area contributed by atoms with Crippen LogP contribution in [0.5, 0.6) is 0 Å². The summed E-state index contributed by atoms with van der Waals surface area (Å²) in [7, 11) is 0. The lowest BCUT2D eigenvalue weighted by Crippen LogP contribution is -1.99. The van der Waals surface area contributed by atoms with Crippen molar-refractivity contribution in [3.05, 3.63) is 48.3 Å². The van der Waals surface area contributed by atoms with Crippen LogP contribution < -0.4 is 0 Å². The van der Waals surface area contributed by atoms with Gasteiger partial charge in [0.15, 0.2) is 0 Å². The van der Waals surface area contributed by atoms with E-state index in [1.54, 1.807) is 12.4 Å². The van der Waals surface area contributed by atoms with Gasteiger partial charge in [0.25, 0.3) is 0 Å². The number of hydrogen-bond acceptors (Lipinski definition) is 3. The summed E-state index contributed by atoms with van der Waals surface area (Å²) in [6.45, 7) is 0. The zero-order valence-electron chi connectivity index (χ0n) is 10.2. The van der Waals surface area contributed by atoms with Crippen LogP contribution in [0.1, 0.15) is 12.0 Å². The number of hydrogen-bond donors (Lipinski definition) is 1. The summed E-state index contributed by atoms with van der Waals surface area (Å²) >= 11 is 0. The predicted octanol–water partition coefficient (Wildman–Crippen LogP) is 2.80. The standard InChI is InChI=1S/C15H12N2O2/c18-13(19)6-5-10-9-11-3-1-7-16-14(11)15-12(10)4-2-8-17-15/h1-4,7-9H,5-6H2,(H,18,19). The monoisotopic (exact) mass is 252 g/mol. The molecule has 0 aliphatic carbocycles. The molecule has 0 saturated carbocycles. The summed E-state index contributed by atoms with van der Waals surface area (Å²) in [5.74, 6) is -0.789. The van der Waals surface area contributed by atoms with Crippen molar-refractivity contribution in [2.75, 3.05) is 0 Å². The Kier molecular flexibility index (Phi) is 2.83. The molecule has 0 radical (unpaired) electrons. The molecule has 0 bridgehead atoms. The maximum absolute atomic E-state index is 10.7. The van der Waals surface area contributed by atoms with Crippen molar-refractivity contribution in [3.8, 4) is 0 Å². The van der Waals surface area contributed by atoms with Gasteiger partial charge in [0.1, 0.15) is 0 Å². The number of carboxylic acid groups (broad SMARTS) is 1. The second-order valence-electron chi connectivity index (χ2n) is 4.40. The van der Waals surface area contributed by atoms with Gasteiger partial charge in [0.05, 0.1) is 11.0 Å². The molecular formula is C15H12N2O2. The van der Waals surface area contributed by atoms with E-state index in [2.05, 4.69) is 9.97 Å². The van der Waals surface area contributed by atoms with E-state index in [1.807, 2.05) is 30.3 Å². The molecule has 0 amide bonds. The SMILES string of the molecule is O=C(O)CCc1cc2cccnc2c2ncccc12. The molecule has 2 aromatic heterocycles. The largest absolute Gasteiger partial charge is 0.481 e. The lowest BCUT2D eigenvalue weighted by Gasteiger charge is -2.08. The summed E-state index contributed by atoms with van der Waals surface area (Å²) in [6.07, 6.45) is 4.10. The highest BCUT2D eigenvalue weighted by molar-refractivity contribution is 6.04. The average Bonchev–Trinajstić information content (AvgIpc) is 2.44. The molecular weight excluding hydrogens is 240 g/mol. The summed E-state index contributed by atoms with van der Waals surface area (Å²) in [5.41, 5.74) is 2.70. The summed E-state index contributed by atoms with van der Waals surface area (Å²) < 4.78 is 0. The second-order valence-corrected chi connectivity index (χ2v) is 4.40. The molecule has 4 heteroatoms. The van der Waals surface area contributed by atoms with Gasteiger partial charge in [-0.2, -0.15) is 0 Å². The maximum atomic E-state index is 10.7. The molecule has 2 heterocycles. The van der Waals surface area contributed by atoms with E-state index >= 15 is 0 Å². The average molecular weight is 252 g/mol. The van der Waals surface area contributed by atoms with Crippen molar-refractivity contribution < 1.29 is 9.90 Å². The highest BCUT2D eigenvalue weighted by Gasteiger charge is 2.09. The van der Waals surface area contributed by atoms with Crippen LogP contribution in [0.2, 0.25) is 0 Å². The van der Waals surface area contributed by atoms with E-state index in [-0.39, 0.29) is 6.42 Å². The Balaban J connectivity index is 2.26. The van der Waals surface area contributed by atoms with Gasteiger partial charge in [-0.3, -0.25) is 14.8 Å². The number of fused-ring (bicyclic) bond motifs is 3. The molecule has 0 unspecified atom stereocenters. The molecule has 1 aromatic carbocycles. The Labute approximate surface area is 109 Å². The minimum atomic E-state index is -0.789. The van der Waals surface area contributed by atoms with Crippen molar-refractivity contribution >= 4 is 27.8 Å². The molecule has 0 atom stereocenters. The molecule has 3 aromatic rings. The van der Waals surface area contributed by atoms with Crippen molar-refractivity contribution in [1.29, 1.82) is 0 Å². The highest BCUT2D eigenvalue weighted by atomic mass is 16.4. The molecule has 19 heavy (non-hydrogen) atoms. The minimum Gasteiger partial charge on any atom is -0.481 e. The second kappa shape index (κ2) is 4.65. The van der Waals surface area contributed by atoms with Gasteiger partial charge in [-0.25, -0.2) is 0 Å². The number of nitrogens with zero attached hydrogens (tertiary/aromatic N) is 2. The van der Waals surface area contributed by atoms with Gasteiger partial charge in [0, 0.05) is 29.6 Å². The van der Waals surface area contributed by atoms with E-state index in [9.17, 15) is 4.79 Å². The van der Waals surface area contributed by atoms with Gasteiger partial charge in [-0.05, 0) is 30.2 Å². The zero-order valence-corrected chi connectivity index (χ0v) is 10.2. The number of rotatable bonds is 3. The van der Waals surface area contributed by atoms with Gasteiger partial charge < -0.3 is 5.11 Å². The quantitative estimate of drug-likeness (QED) is 0.728. The number of aryl methyl sites for hydroxylation is 1. The maximum Gasteiger partial charge on any atom is 0.303 e. The lowest BCUT2D eigenvalue weighted by molar-refractivity contribution is -0.136. The third-order valence-electron chi connectivity index (χ3n) is 3.15. The summed E-state index contributed by atoms with van der Waals surface area (Å²) in [5, 5.41) is 10.8. The Morgan fingerprint density at radius 1 is 1.11 bits per heavy atom. The topological polar surface area (TPSA) is 63.1 Å². The predicted molar refractivity (Wildman–Crippen MR) is 73.0 cm³/mol. The molecule has 0 aliphatic heterocycles. The van der Waals surface area contributed by atoms with Gasteiger partial charge in [-0.1, -0.05) is 12.1 Å². The smallest absolute Gasteiger partial charge is 0.303 e. The third kappa shape index (κ3) is 2.12. The van der Waals surface area contributed by atoms with Gasteiger partial charge in [-0.15, -0.1) is 0 Å². The van der Waals surface area contributed by atoms with E-state index in [1.165, 1.54) is 0 Å². The number of aliphatic carboxylic acids is 1. The number of benzene rings is 1. The summed E-state index contributed by atoms with van der Waals surface area (Å²) in [6, 6.07) is 9.68. The van der Waals surface area contributed by atoms with Crippen LogP contribution in [0.15, 0.2) is 42.7 Å². The number of aromatic nitrogens is 2. The number of carboxylic acids is 1. The molecule has 4 nitrogen and oxygen atoms in total. The summed E-state index contributed by atoms with van der Waals surface area (Å²) in [4.78, 5) is 19.5. The van der Waals surface area contributed by atoms with Crippen molar-refractivity contribution in [2.45, 2.75) is 12.8 Å². The van der Waals surface area contributed by atoms with Crippen LogP contribution in [0, 0.1) is 0 Å². The molecule has 0 aliphatic rings. The van der Waals surface area contributed by atoms with Crippen LogP contribution in [0.25, 0.3) is 21.8 Å². The first-order chi connectivity index (χ1) is 9.25. The first kappa shape index (κ1) is 11.6. The van der Waals surface area contributed by atoms with Crippen molar-refractivity contribution in [1.82, 2.24) is 9.97 Å². The Morgan fingerprint density at radius 3 is 2.63 bits per heavy atom. The van der Waals surface area contributed by atoms with Crippen molar-refractivity contribution in [3.63, 3.8) is 0 Å². The Bertz CT molecular complexity index is 768. The van der Waals surface area contributed by atoms with Crippen LogP contribution in [-0.2, 0) is 11.2 Å². The van der Waals surface area contributed by atoms with E-state index in [0.717, 1.165) is 27.4 Å².